The predicted octanol–water partition coefficient (Wildman–Crippen LogP) is 8.41. The number of benzene rings is 2. The highest BCUT2D eigenvalue weighted by Crippen LogP contribution is 2.65. The van der Waals surface area contributed by atoms with Gasteiger partial charge in [-0.2, -0.15) is 0 Å². The number of allylic oxidation sites excluding steroid dienone is 4. The number of para-hydroxylation sites is 2. The number of nitrogens with one attached hydrogen (secondary N) is 2. The molecule has 1 amide bonds. The molecule has 4 aliphatic rings. The lowest BCUT2D eigenvalue weighted by molar-refractivity contribution is -0.184. The van der Waals surface area contributed by atoms with E-state index >= 15 is 4.79 Å². The lowest BCUT2D eigenvalue weighted by Crippen LogP contribution is -2.73. The molecular weight excluding hydrogens is 745 g/mol. The van der Waals surface area contributed by atoms with Gasteiger partial charge >= 0.3 is 0 Å². The van der Waals surface area contributed by atoms with Gasteiger partial charge in [-0.1, -0.05) is 62.3 Å². The summed E-state index contributed by atoms with van der Waals surface area (Å²) in [5, 5.41) is 29.4. The number of methoxy groups -OCH3 is 1. The van der Waals surface area contributed by atoms with Crippen LogP contribution in [0.4, 0.5) is 5.95 Å². The number of aromatic nitrogens is 2. The van der Waals surface area contributed by atoms with Crippen LogP contribution >= 0.6 is 0 Å². The number of anilines is 1. The number of imidazole rings is 1. The van der Waals surface area contributed by atoms with Crippen molar-refractivity contribution in [3.8, 4) is 17.2 Å². The molecule has 1 saturated carbocycles. The van der Waals surface area contributed by atoms with E-state index in [-0.39, 0.29) is 25.4 Å². The van der Waals surface area contributed by atoms with Gasteiger partial charge in [0, 0.05) is 41.5 Å². The Balaban J connectivity index is 1.57. The maximum atomic E-state index is 15.4. The summed E-state index contributed by atoms with van der Waals surface area (Å²) in [6.45, 7) is 17.8. The number of amides is 1. The largest absolute Gasteiger partial charge is 0.495 e. The highest BCUT2D eigenvalue weighted by molar-refractivity contribution is 6.02. The van der Waals surface area contributed by atoms with Crippen molar-refractivity contribution in [2.45, 2.75) is 117 Å². The zero-order chi connectivity index (χ0) is 42.6. The molecule has 6 atom stereocenters. The molecule has 0 bridgehead atoms. The van der Waals surface area contributed by atoms with E-state index in [1.165, 1.54) is 5.57 Å². The minimum absolute atomic E-state index is 0.0810. The fraction of sp³-hybridized carbons (Fsp3) is 0.479. The number of ether oxygens (including phenoxy) is 3. The molecule has 1 aliphatic carbocycles. The Labute approximate surface area is 347 Å². The van der Waals surface area contributed by atoms with E-state index in [2.05, 4.69) is 74.1 Å². The number of carbonyl (C=O) groups excluding carboxylic acids is 2. The molecule has 314 valence electrons. The summed E-state index contributed by atoms with van der Waals surface area (Å²) < 4.78 is 23.3. The normalized spacial score (nSPS) is 25.7. The fourth-order valence-corrected chi connectivity index (χ4v) is 9.57. The second-order valence-electron chi connectivity index (χ2n) is 17.4. The van der Waals surface area contributed by atoms with Gasteiger partial charge < -0.3 is 39.6 Å². The van der Waals surface area contributed by atoms with E-state index < -0.39 is 40.6 Å². The van der Waals surface area contributed by atoms with Gasteiger partial charge in [0.25, 0.3) is 0 Å². The van der Waals surface area contributed by atoms with Crippen molar-refractivity contribution in [1.82, 2.24) is 14.9 Å². The molecule has 1 aromatic heterocycles. The Kier molecular flexibility index (Phi) is 11.3. The summed E-state index contributed by atoms with van der Waals surface area (Å²) in [6.07, 6.45) is 12.6. The Morgan fingerprint density at radius 1 is 1.10 bits per heavy atom. The van der Waals surface area contributed by atoms with Crippen LogP contribution in [0.5, 0.6) is 17.2 Å². The fourth-order valence-electron chi connectivity index (χ4n) is 9.57. The molecule has 2 aromatic carbocycles. The van der Waals surface area contributed by atoms with Crippen LogP contribution < -0.4 is 24.8 Å². The van der Waals surface area contributed by atoms with E-state index in [1.54, 1.807) is 20.1 Å². The molecule has 11 heteroatoms. The average molecular weight is 805 g/mol. The molecule has 0 saturated heterocycles. The van der Waals surface area contributed by atoms with Gasteiger partial charge in [-0.3, -0.25) is 9.59 Å². The van der Waals surface area contributed by atoms with Crippen LogP contribution in [-0.4, -0.2) is 68.5 Å². The van der Waals surface area contributed by atoms with Crippen molar-refractivity contribution in [3.05, 3.63) is 87.6 Å². The number of Topliss-reactive ketones (excluding diaryl/α,β-unsaturated/α-hetero) is 1. The Hall–Kier alpha value is -5.13. The van der Waals surface area contributed by atoms with Crippen LogP contribution in [0, 0.1) is 11.8 Å². The third kappa shape index (κ3) is 6.70. The number of carbonyl (C=O) groups is 2. The lowest BCUT2D eigenvalue weighted by atomic mass is 9.54. The zero-order valence-electron chi connectivity index (χ0n) is 36.2. The summed E-state index contributed by atoms with van der Waals surface area (Å²) in [4.78, 5) is 33.6. The predicted molar refractivity (Wildman–Crippen MR) is 233 cm³/mol. The van der Waals surface area contributed by atoms with Crippen molar-refractivity contribution in [1.29, 1.82) is 0 Å². The van der Waals surface area contributed by atoms with E-state index in [4.69, 9.17) is 19.2 Å². The lowest BCUT2D eigenvalue weighted by Gasteiger charge is -2.60. The average Bonchev–Trinajstić information content (AvgIpc) is 3.58. The molecule has 11 nitrogen and oxygen atoms in total. The number of aliphatic hydroxyl groups excluding tert-OH is 1. The number of nitrogens with zero attached hydrogens (tertiary/aromatic N) is 2. The molecule has 4 N–H and O–H groups in total. The summed E-state index contributed by atoms with van der Waals surface area (Å²) in [5.74, 6) is 0.299. The van der Waals surface area contributed by atoms with Crippen LogP contribution in [0.1, 0.15) is 111 Å². The van der Waals surface area contributed by atoms with E-state index in [9.17, 15) is 15.0 Å². The molecule has 59 heavy (non-hydrogen) atoms. The SMILES string of the molecule is CCC(C)C12Oc3c(CC=C(C)C)c4c(c(OC)c3C3=C1C(C(C)C(=O)C2(O)C/C=C(/C)C(=O)NCCO)n1c(nc2ccccc21)N3)C=CC(C)(CCC=C(C)C)O4. The number of fused-ring (bicyclic) bond motifs is 7. The Morgan fingerprint density at radius 2 is 1.83 bits per heavy atom. The van der Waals surface area contributed by atoms with Gasteiger partial charge in [0.15, 0.2) is 17.0 Å². The molecule has 3 aromatic rings. The first-order valence-corrected chi connectivity index (χ1v) is 21.0. The van der Waals surface area contributed by atoms with E-state index in [0.717, 1.165) is 46.1 Å². The number of aliphatic hydroxyl groups is 2. The van der Waals surface area contributed by atoms with Gasteiger partial charge in [0.05, 0.1) is 47.6 Å². The van der Waals surface area contributed by atoms with Crippen LogP contribution in [0.15, 0.2) is 70.9 Å². The third-order valence-electron chi connectivity index (χ3n) is 12.8. The first-order valence-electron chi connectivity index (χ1n) is 21.0. The monoisotopic (exact) mass is 804 g/mol. The van der Waals surface area contributed by atoms with Gasteiger partial charge in [-0.25, -0.2) is 4.98 Å². The highest BCUT2D eigenvalue weighted by Gasteiger charge is 2.71. The zero-order valence-corrected chi connectivity index (χ0v) is 36.2. The van der Waals surface area contributed by atoms with Crippen LogP contribution in [-0.2, 0) is 16.0 Å². The van der Waals surface area contributed by atoms with Crippen molar-refractivity contribution in [2.24, 2.45) is 11.8 Å². The van der Waals surface area contributed by atoms with E-state index in [1.807, 2.05) is 45.0 Å². The second kappa shape index (κ2) is 15.8. The smallest absolute Gasteiger partial charge is 0.246 e. The molecular formula is C48H60N4O7. The number of hydrogen-bond acceptors (Lipinski definition) is 9. The summed E-state index contributed by atoms with van der Waals surface area (Å²) in [7, 11) is 1.65. The first kappa shape index (κ1) is 42.0. The van der Waals surface area contributed by atoms with Crippen LogP contribution in [0.3, 0.4) is 0 Å². The Bertz CT molecular complexity index is 2360. The summed E-state index contributed by atoms with van der Waals surface area (Å²) in [6, 6.07) is 7.28. The maximum absolute atomic E-state index is 15.4. The molecule has 7 rings (SSSR count). The van der Waals surface area contributed by atoms with Crippen molar-refractivity contribution >= 4 is 40.4 Å². The standard InChI is InChI=1S/C48H60N4O7/c1-11-30(7)48-37-38(36-41(57-10)33-21-23-46(9,22-14-15-27(2)3)58-40(33)32(42(36)59-48)19-18-28(4)5)51-45-50-34-16-12-13-17-35(34)52(45)39(37)31(8)43(54)47(48,56)24-20-29(6)44(55)49-25-26-53/h12-13,15-18,20-21,23,30-31,39,53,56H,11,14,19,22,24-26H2,1-10H3,(H,49,55)(H,50,51)/b29-20-. The molecule has 0 radical (unpaired) electrons. The number of rotatable bonds is 13. The quantitative estimate of drug-likeness (QED) is 0.0989. The third-order valence-corrected chi connectivity index (χ3v) is 12.8. The molecule has 4 heterocycles. The summed E-state index contributed by atoms with van der Waals surface area (Å²) >= 11 is 0. The molecule has 3 aliphatic heterocycles. The van der Waals surface area contributed by atoms with Crippen molar-refractivity contribution in [3.63, 3.8) is 0 Å². The van der Waals surface area contributed by atoms with Crippen LogP contribution in [0.25, 0.3) is 22.8 Å². The first-order chi connectivity index (χ1) is 28.1. The number of hydrogen-bond donors (Lipinski definition) is 4. The maximum Gasteiger partial charge on any atom is 0.246 e. The molecule has 1 fully saturated rings. The topological polar surface area (TPSA) is 144 Å². The van der Waals surface area contributed by atoms with Crippen molar-refractivity contribution < 1.29 is 34.0 Å². The minimum Gasteiger partial charge on any atom is -0.495 e. The van der Waals surface area contributed by atoms with Gasteiger partial charge in [0.2, 0.25) is 11.9 Å². The van der Waals surface area contributed by atoms with E-state index in [0.29, 0.717) is 52.9 Å². The Morgan fingerprint density at radius 3 is 2.51 bits per heavy atom. The second-order valence-corrected chi connectivity index (χ2v) is 17.4. The van der Waals surface area contributed by atoms with Crippen molar-refractivity contribution in [2.75, 3.05) is 25.6 Å². The van der Waals surface area contributed by atoms with Gasteiger partial charge in [-0.15, -0.1) is 0 Å². The van der Waals surface area contributed by atoms with Crippen LogP contribution in [0.2, 0.25) is 0 Å². The van der Waals surface area contributed by atoms with Gasteiger partial charge in [-0.05, 0) is 91.5 Å². The number of ketones is 1. The summed E-state index contributed by atoms with van der Waals surface area (Å²) in [5.41, 5.74) is 3.54. The highest BCUT2D eigenvalue weighted by atomic mass is 16.5. The molecule has 6 unspecified atom stereocenters. The molecule has 0 spiro atoms. The minimum atomic E-state index is -2.14. The van der Waals surface area contributed by atoms with Gasteiger partial charge in [0.1, 0.15) is 22.8 Å².